The van der Waals surface area contributed by atoms with E-state index in [4.69, 9.17) is 0 Å². The van der Waals surface area contributed by atoms with Crippen LogP contribution in [0.2, 0.25) is 0 Å². The van der Waals surface area contributed by atoms with Crippen LogP contribution in [0.5, 0.6) is 0 Å². The van der Waals surface area contributed by atoms with Gasteiger partial charge in [0.2, 0.25) is 0 Å². The molecule has 2 N–H and O–H groups in total. The number of anilines is 2. The first-order chi connectivity index (χ1) is 19.6. The lowest BCUT2D eigenvalue weighted by atomic mass is 10.2. The molecular weight excluding hydrogens is 500 g/mol. The van der Waals surface area contributed by atoms with Crippen molar-refractivity contribution < 1.29 is 9.59 Å². The number of azo groups is 2. The van der Waals surface area contributed by atoms with Crippen LogP contribution in [0.25, 0.3) is 0 Å². The standard InChI is InChI=1S/C32H24N6O2/c39-31(23-7-3-1-4-8-23)33-25-11-15-27(16-12-25)35-37-29-19-21-30(22-20-29)38-36-28-17-13-26(14-18-28)34-32(40)24-9-5-2-6-10-24/h1-22H,(H,33,39)(H,34,40). The van der Waals surface area contributed by atoms with Crippen molar-refractivity contribution in [3.8, 4) is 0 Å². The molecule has 40 heavy (non-hydrogen) atoms. The molecule has 0 saturated heterocycles. The van der Waals surface area contributed by atoms with Crippen LogP contribution < -0.4 is 10.6 Å². The summed E-state index contributed by atoms with van der Waals surface area (Å²) in [6.45, 7) is 0. The molecule has 5 aromatic rings. The van der Waals surface area contributed by atoms with Crippen molar-refractivity contribution in [1.82, 2.24) is 0 Å². The lowest BCUT2D eigenvalue weighted by Crippen LogP contribution is -2.11. The first-order valence-corrected chi connectivity index (χ1v) is 12.5. The van der Waals surface area contributed by atoms with E-state index in [1.807, 2.05) is 36.4 Å². The van der Waals surface area contributed by atoms with Crippen molar-refractivity contribution in [3.63, 3.8) is 0 Å². The van der Waals surface area contributed by atoms with Crippen LogP contribution >= 0.6 is 0 Å². The van der Waals surface area contributed by atoms with E-state index >= 15 is 0 Å². The number of hydrogen-bond acceptors (Lipinski definition) is 6. The predicted molar refractivity (Wildman–Crippen MR) is 156 cm³/mol. The van der Waals surface area contributed by atoms with Gasteiger partial charge in [0.05, 0.1) is 22.7 Å². The third-order valence-electron chi connectivity index (χ3n) is 5.73. The van der Waals surface area contributed by atoms with Gasteiger partial charge in [-0.05, 0) is 97.1 Å². The molecule has 0 aliphatic carbocycles. The normalized spacial score (nSPS) is 11.0. The van der Waals surface area contributed by atoms with Crippen molar-refractivity contribution in [2.75, 3.05) is 10.6 Å². The van der Waals surface area contributed by atoms with Gasteiger partial charge in [0.15, 0.2) is 0 Å². The van der Waals surface area contributed by atoms with E-state index in [2.05, 4.69) is 31.1 Å². The van der Waals surface area contributed by atoms with Gasteiger partial charge in [0.1, 0.15) is 0 Å². The lowest BCUT2D eigenvalue weighted by molar-refractivity contribution is 0.101. The van der Waals surface area contributed by atoms with E-state index in [-0.39, 0.29) is 11.8 Å². The molecule has 0 aliphatic rings. The van der Waals surface area contributed by atoms with E-state index in [1.165, 1.54) is 0 Å². The molecule has 2 amide bonds. The molecule has 8 nitrogen and oxygen atoms in total. The van der Waals surface area contributed by atoms with Gasteiger partial charge in [-0.3, -0.25) is 9.59 Å². The fraction of sp³-hybridized carbons (Fsp3) is 0. The Balaban J connectivity index is 1.13. The van der Waals surface area contributed by atoms with Crippen molar-refractivity contribution in [2.24, 2.45) is 20.5 Å². The highest BCUT2D eigenvalue weighted by molar-refractivity contribution is 6.04. The average molecular weight is 525 g/mol. The molecule has 194 valence electrons. The minimum atomic E-state index is -0.170. The lowest BCUT2D eigenvalue weighted by Gasteiger charge is -2.05. The molecule has 5 rings (SSSR count). The first-order valence-electron chi connectivity index (χ1n) is 12.5. The van der Waals surface area contributed by atoms with Crippen LogP contribution in [0.1, 0.15) is 20.7 Å². The Labute approximate surface area is 231 Å². The van der Waals surface area contributed by atoms with Crippen LogP contribution in [0.15, 0.2) is 154 Å². The molecule has 0 saturated carbocycles. The van der Waals surface area contributed by atoms with Crippen LogP contribution in [0, 0.1) is 0 Å². The summed E-state index contributed by atoms with van der Waals surface area (Å²) < 4.78 is 0. The van der Waals surface area contributed by atoms with Gasteiger partial charge in [-0.15, -0.1) is 0 Å². The minimum Gasteiger partial charge on any atom is -0.322 e. The summed E-state index contributed by atoms with van der Waals surface area (Å²) >= 11 is 0. The van der Waals surface area contributed by atoms with Crippen LogP contribution in [0.3, 0.4) is 0 Å². The van der Waals surface area contributed by atoms with Crippen LogP contribution in [-0.2, 0) is 0 Å². The number of hydrogen-bond donors (Lipinski definition) is 2. The third kappa shape index (κ3) is 7.17. The molecular formula is C32H24N6O2. The molecule has 0 aliphatic heterocycles. The molecule has 5 aromatic carbocycles. The van der Waals surface area contributed by atoms with Gasteiger partial charge in [-0.25, -0.2) is 0 Å². The quantitative estimate of drug-likeness (QED) is 0.198. The van der Waals surface area contributed by atoms with Crippen molar-refractivity contribution in [1.29, 1.82) is 0 Å². The van der Waals surface area contributed by atoms with Crippen LogP contribution in [0.4, 0.5) is 34.1 Å². The number of nitrogens with zero attached hydrogens (tertiary/aromatic N) is 4. The Kier molecular flexibility index (Phi) is 8.19. The zero-order chi connectivity index (χ0) is 27.6. The Morgan fingerprint density at radius 3 is 0.950 bits per heavy atom. The maximum Gasteiger partial charge on any atom is 0.255 e. The van der Waals surface area contributed by atoms with Gasteiger partial charge in [0.25, 0.3) is 11.8 Å². The van der Waals surface area contributed by atoms with Crippen molar-refractivity contribution in [3.05, 3.63) is 145 Å². The number of benzene rings is 5. The second-order valence-electron chi connectivity index (χ2n) is 8.65. The Bertz CT molecular complexity index is 1510. The van der Waals surface area contributed by atoms with Gasteiger partial charge in [0, 0.05) is 22.5 Å². The highest BCUT2D eigenvalue weighted by Crippen LogP contribution is 2.25. The molecule has 0 radical (unpaired) electrons. The van der Waals surface area contributed by atoms with E-state index in [1.54, 1.807) is 97.1 Å². The molecule has 0 fully saturated rings. The van der Waals surface area contributed by atoms with E-state index in [0.29, 0.717) is 45.3 Å². The first kappa shape index (κ1) is 25.9. The highest BCUT2D eigenvalue weighted by atomic mass is 16.2. The second-order valence-corrected chi connectivity index (χ2v) is 8.65. The fourth-order valence-electron chi connectivity index (χ4n) is 3.63. The van der Waals surface area contributed by atoms with E-state index < -0.39 is 0 Å². The molecule has 0 spiro atoms. The smallest absolute Gasteiger partial charge is 0.255 e. The summed E-state index contributed by atoms with van der Waals surface area (Å²) in [4.78, 5) is 24.6. The Morgan fingerprint density at radius 2 is 0.650 bits per heavy atom. The number of carbonyl (C=O) groups is 2. The average Bonchev–Trinajstić information content (AvgIpc) is 3.02. The second kappa shape index (κ2) is 12.7. The maximum absolute atomic E-state index is 12.3. The summed E-state index contributed by atoms with van der Waals surface area (Å²) in [6.07, 6.45) is 0. The Morgan fingerprint density at radius 1 is 0.375 bits per heavy atom. The molecule has 8 heteroatoms. The number of carbonyl (C=O) groups excluding carboxylic acids is 2. The molecule has 0 heterocycles. The van der Waals surface area contributed by atoms with E-state index in [9.17, 15) is 9.59 Å². The molecule has 0 aromatic heterocycles. The number of amides is 2. The SMILES string of the molecule is O=C(Nc1ccc(N=Nc2ccc(N=Nc3ccc(NC(=O)c4ccccc4)cc3)cc2)cc1)c1ccccc1. The van der Waals surface area contributed by atoms with Gasteiger partial charge < -0.3 is 10.6 Å². The van der Waals surface area contributed by atoms with Gasteiger partial charge >= 0.3 is 0 Å². The van der Waals surface area contributed by atoms with Crippen molar-refractivity contribution in [2.45, 2.75) is 0 Å². The van der Waals surface area contributed by atoms with Crippen molar-refractivity contribution >= 4 is 45.9 Å². The Hall–Kier alpha value is -5.76. The third-order valence-corrected chi connectivity index (χ3v) is 5.73. The minimum absolute atomic E-state index is 0.170. The largest absolute Gasteiger partial charge is 0.322 e. The summed E-state index contributed by atoms with van der Waals surface area (Å²) in [7, 11) is 0. The summed E-state index contributed by atoms with van der Waals surface area (Å²) in [5.41, 5.74) is 5.18. The fourth-order valence-corrected chi connectivity index (χ4v) is 3.63. The summed E-state index contributed by atoms with van der Waals surface area (Å²) in [5.74, 6) is -0.340. The maximum atomic E-state index is 12.3. The van der Waals surface area contributed by atoms with Gasteiger partial charge in [-0.1, -0.05) is 36.4 Å². The summed E-state index contributed by atoms with van der Waals surface area (Å²) in [5, 5.41) is 22.7. The van der Waals surface area contributed by atoms with E-state index in [0.717, 1.165) is 0 Å². The predicted octanol–water partition coefficient (Wildman–Crippen LogP) is 9.02. The molecule has 0 bridgehead atoms. The highest BCUT2D eigenvalue weighted by Gasteiger charge is 2.06. The van der Waals surface area contributed by atoms with Crippen LogP contribution in [-0.4, -0.2) is 11.8 Å². The number of nitrogens with one attached hydrogen (secondary N) is 2. The zero-order valence-corrected chi connectivity index (χ0v) is 21.3. The molecule has 0 atom stereocenters. The topological polar surface area (TPSA) is 108 Å². The monoisotopic (exact) mass is 524 g/mol. The summed E-state index contributed by atoms with van der Waals surface area (Å²) in [6, 6.07) is 39.5. The zero-order valence-electron chi connectivity index (χ0n) is 21.3. The number of rotatable bonds is 8. The van der Waals surface area contributed by atoms with Gasteiger partial charge in [-0.2, -0.15) is 20.5 Å². The molecule has 0 unspecified atom stereocenters.